The fourth-order valence-electron chi connectivity index (χ4n) is 3.83. The summed E-state index contributed by atoms with van der Waals surface area (Å²) in [6, 6.07) is 14.0. The topological polar surface area (TPSA) is 67.2 Å². The molecule has 4 aromatic rings. The molecule has 140 valence electrons. The predicted octanol–water partition coefficient (Wildman–Crippen LogP) is 2.48. The minimum absolute atomic E-state index is 0.0830. The average Bonchev–Trinajstić information content (AvgIpc) is 3.14. The normalized spacial score (nSPS) is 14.8. The van der Waals surface area contributed by atoms with Gasteiger partial charge in [0.25, 0.3) is 5.91 Å². The van der Waals surface area contributed by atoms with E-state index < -0.39 is 0 Å². The number of carbonyl (C=O) groups excluding carboxylic acids is 1. The summed E-state index contributed by atoms with van der Waals surface area (Å²) in [6.45, 7) is 2.80. The number of aryl methyl sites for hydroxylation is 1. The van der Waals surface area contributed by atoms with Gasteiger partial charge in [-0.3, -0.25) is 9.48 Å². The van der Waals surface area contributed by atoms with Crippen LogP contribution in [0.25, 0.3) is 21.8 Å². The number of hydrogen-bond acceptors (Lipinski definition) is 5. The van der Waals surface area contributed by atoms with Crippen molar-refractivity contribution in [2.45, 2.75) is 0 Å². The van der Waals surface area contributed by atoms with Crippen LogP contribution >= 0.6 is 0 Å². The fraction of sp³-hybridized carbons (Fsp3) is 0.238. The number of anilines is 1. The molecule has 0 spiro atoms. The van der Waals surface area contributed by atoms with Gasteiger partial charge in [-0.25, -0.2) is 9.97 Å². The molecule has 7 heteroatoms. The molecule has 1 aliphatic heterocycles. The van der Waals surface area contributed by atoms with Gasteiger partial charge in [-0.2, -0.15) is 5.10 Å². The number of benzene rings is 2. The summed E-state index contributed by atoms with van der Waals surface area (Å²) in [7, 11) is 1.87. The van der Waals surface area contributed by atoms with Gasteiger partial charge in [-0.15, -0.1) is 0 Å². The molecule has 7 nitrogen and oxygen atoms in total. The highest BCUT2D eigenvalue weighted by Crippen LogP contribution is 2.24. The fourth-order valence-corrected chi connectivity index (χ4v) is 3.83. The summed E-state index contributed by atoms with van der Waals surface area (Å²) >= 11 is 0. The van der Waals surface area contributed by atoms with Crippen molar-refractivity contribution in [2.24, 2.45) is 7.05 Å². The van der Waals surface area contributed by atoms with Gasteiger partial charge in [0.2, 0.25) is 0 Å². The smallest absolute Gasteiger partial charge is 0.253 e. The molecule has 2 aromatic carbocycles. The Labute approximate surface area is 162 Å². The first-order chi connectivity index (χ1) is 13.7. The molecule has 1 saturated heterocycles. The summed E-state index contributed by atoms with van der Waals surface area (Å²) < 4.78 is 1.75. The number of amides is 1. The van der Waals surface area contributed by atoms with Gasteiger partial charge in [0.15, 0.2) is 5.65 Å². The molecule has 1 amide bonds. The highest BCUT2D eigenvalue weighted by molar-refractivity contribution is 5.98. The van der Waals surface area contributed by atoms with E-state index in [2.05, 4.69) is 26.0 Å². The van der Waals surface area contributed by atoms with Crippen molar-refractivity contribution in [3.05, 3.63) is 60.6 Å². The number of hydrogen-bond donors (Lipinski definition) is 0. The second-order valence-electron chi connectivity index (χ2n) is 7.04. The number of carbonyl (C=O) groups is 1. The molecule has 0 unspecified atom stereocenters. The van der Waals surface area contributed by atoms with Gasteiger partial charge in [-0.05, 0) is 22.9 Å². The third kappa shape index (κ3) is 2.76. The van der Waals surface area contributed by atoms with Gasteiger partial charge in [0, 0.05) is 38.8 Å². The molecule has 28 heavy (non-hydrogen) atoms. The van der Waals surface area contributed by atoms with Crippen LogP contribution in [0, 0.1) is 0 Å². The van der Waals surface area contributed by atoms with E-state index in [-0.39, 0.29) is 5.91 Å². The van der Waals surface area contributed by atoms with E-state index in [0.717, 1.165) is 46.3 Å². The first-order valence-electron chi connectivity index (χ1n) is 9.36. The molecule has 0 atom stereocenters. The van der Waals surface area contributed by atoms with Crippen molar-refractivity contribution in [3.63, 3.8) is 0 Å². The first kappa shape index (κ1) is 16.7. The minimum Gasteiger partial charge on any atom is -0.352 e. The molecule has 1 aliphatic rings. The van der Waals surface area contributed by atoms with Crippen LogP contribution in [0.3, 0.4) is 0 Å². The SMILES string of the molecule is Cn1ncc2c(N3CCN(C(=O)c4ccc5ccccc5c4)CC3)ncnc21. The van der Waals surface area contributed by atoms with E-state index in [0.29, 0.717) is 13.1 Å². The van der Waals surface area contributed by atoms with E-state index in [1.807, 2.05) is 48.3 Å². The van der Waals surface area contributed by atoms with E-state index in [9.17, 15) is 4.79 Å². The van der Waals surface area contributed by atoms with E-state index in [4.69, 9.17) is 0 Å². The molecule has 3 heterocycles. The zero-order valence-corrected chi connectivity index (χ0v) is 15.6. The van der Waals surface area contributed by atoms with Crippen molar-refractivity contribution in [1.29, 1.82) is 0 Å². The highest BCUT2D eigenvalue weighted by atomic mass is 16.2. The number of rotatable bonds is 2. The van der Waals surface area contributed by atoms with Crippen LogP contribution in [-0.4, -0.2) is 56.7 Å². The van der Waals surface area contributed by atoms with Gasteiger partial charge >= 0.3 is 0 Å². The summed E-state index contributed by atoms with van der Waals surface area (Å²) in [5.74, 6) is 0.968. The van der Waals surface area contributed by atoms with E-state index in [1.165, 1.54) is 0 Å². The Balaban J connectivity index is 1.34. The molecule has 0 aliphatic carbocycles. The summed E-state index contributed by atoms with van der Waals surface area (Å²) in [5.41, 5.74) is 1.56. The molecule has 2 aromatic heterocycles. The van der Waals surface area contributed by atoms with Crippen LogP contribution in [0.15, 0.2) is 55.0 Å². The van der Waals surface area contributed by atoms with Crippen molar-refractivity contribution < 1.29 is 4.79 Å². The average molecular weight is 372 g/mol. The molecule has 0 radical (unpaired) electrons. The van der Waals surface area contributed by atoms with Crippen LogP contribution < -0.4 is 4.90 Å². The van der Waals surface area contributed by atoms with E-state index in [1.54, 1.807) is 17.2 Å². The summed E-state index contributed by atoms with van der Waals surface area (Å²) in [6.07, 6.45) is 3.38. The molecular weight excluding hydrogens is 352 g/mol. The molecule has 0 saturated carbocycles. The molecule has 0 bridgehead atoms. The van der Waals surface area contributed by atoms with Crippen molar-refractivity contribution in [2.75, 3.05) is 31.1 Å². The Morgan fingerprint density at radius 3 is 2.57 bits per heavy atom. The lowest BCUT2D eigenvalue weighted by atomic mass is 10.1. The van der Waals surface area contributed by atoms with E-state index >= 15 is 0 Å². The third-order valence-electron chi connectivity index (χ3n) is 5.37. The quantitative estimate of drug-likeness (QED) is 0.541. The lowest BCUT2D eigenvalue weighted by molar-refractivity contribution is 0.0747. The van der Waals surface area contributed by atoms with Crippen molar-refractivity contribution in [3.8, 4) is 0 Å². The lowest BCUT2D eigenvalue weighted by Crippen LogP contribution is -2.49. The number of piperazine rings is 1. The largest absolute Gasteiger partial charge is 0.352 e. The Hall–Kier alpha value is -3.48. The van der Waals surface area contributed by atoms with Crippen LogP contribution in [0.5, 0.6) is 0 Å². The maximum absolute atomic E-state index is 13.0. The Morgan fingerprint density at radius 2 is 1.75 bits per heavy atom. The third-order valence-corrected chi connectivity index (χ3v) is 5.37. The summed E-state index contributed by atoms with van der Waals surface area (Å²) in [4.78, 5) is 25.9. The number of fused-ring (bicyclic) bond motifs is 2. The minimum atomic E-state index is 0.0830. The Kier molecular flexibility index (Phi) is 3.93. The monoisotopic (exact) mass is 372 g/mol. The van der Waals surface area contributed by atoms with Crippen molar-refractivity contribution >= 4 is 33.5 Å². The molecule has 0 N–H and O–H groups in total. The molecule has 1 fully saturated rings. The number of nitrogens with zero attached hydrogens (tertiary/aromatic N) is 6. The zero-order chi connectivity index (χ0) is 19.1. The molecule has 5 rings (SSSR count). The Morgan fingerprint density at radius 1 is 0.964 bits per heavy atom. The van der Waals surface area contributed by atoms with Crippen LogP contribution in [0.2, 0.25) is 0 Å². The number of aromatic nitrogens is 4. The van der Waals surface area contributed by atoms with Crippen LogP contribution in [-0.2, 0) is 7.05 Å². The van der Waals surface area contributed by atoms with Crippen LogP contribution in [0.1, 0.15) is 10.4 Å². The highest BCUT2D eigenvalue weighted by Gasteiger charge is 2.24. The van der Waals surface area contributed by atoms with Gasteiger partial charge in [0.1, 0.15) is 12.1 Å². The van der Waals surface area contributed by atoms with Gasteiger partial charge in [0.05, 0.1) is 11.6 Å². The van der Waals surface area contributed by atoms with Gasteiger partial charge in [-0.1, -0.05) is 30.3 Å². The summed E-state index contributed by atoms with van der Waals surface area (Å²) in [5, 5.41) is 7.46. The first-order valence-corrected chi connectivity index (χ1v) is 9.36. The Bertz CT molecular complexity index is 1180. The predicted molar refractivity (Wildman–Crippen MR) is 108 cm³/mol. The second kappa shape index (κ2) is 6.60. The maximum atomic E-state index is 13.0. The maximum Gasteiger partial charge on any atom is 0.253 e. The van der Waals surface area contributed by atoms with Gasteiger partial charge < -0.3 is 9.80 Å². The molecular formula is C21H20N6O. The standard InChI is InChI=1S/C21H20N6O/c1-25-19-18(13-24-25)20(23-14-22-19)26-8-10-27(11-9-26)21(28)17-7-6-15-4-2-3-5-16(15)12-17/h2-7,12-14H,8-11H2,1H3. The second-order valence-corrected chi connectivity index (χ2v) is 7.04. The van der Waals surface area contributed by atoms with Crippen molar-refractivity contribution in [1.82, 2.24) is 24.6 Å². The lowest BCUT2D eigenvalue weighted by Gasteiger charge is -2.35. The zero-order valence-electron chi connectivity index (χ0n) is 15.6. The van der Waals surface area contributed by atoms with Crippen LogP contribution in [0.4, 0.5) is 5.82 Å².